The molecular formula is C10H19N3O. The molecule has 4 nitrogen and oxygen atoms in total. The van der Waals surface area contributed by atoms with Crippen molar-refractivity contribution in [1.29, 1.82) is 0 Å². The average Bonchev–Trinajstić information content (AvgIpc) is 2.42. The first kappa shape index (κ1) is 11.2. The lowest BCUT2D eigenvalue weighted by Crippen LogP contribution is -2.04. The second-order valence-corrected chi connectivity index (χ2v) is 3.51. The van der Waals surface area contributed by atoms with Gasteiger partial charge >= 0.3 is 0 Å². The van der Waals surface area contributed by atoms with E-state index in [1.807, 2.05) is 18.5 Å². The van der Waals surface area contributed by atoms with E-state index in [1.165, 1.54) is 0 Å². The first-order valence-corrected chi connectivity index (χ1v) is 5.04. The van der Waals surface area contributed by atoms with Gasteiger partial charge in [-0.15, -0.1) is 0 Å². The van der Waals surface area contributed by atoms with E-state index < -0.39 is 0 Å². The molecule has 1 aromatic heterocycles. The van der Waals surface area contributed by atoms with Gasteiger partial charge in [0.25, 0.3) is 0 Å². The third-order valence-electron chi connectivity index (χ3n) is 2.51. The molecule has 0 spiro atoms. The standard InChI is InChI=1S/C10H19N3O/c1-8-10(7-11)9(2)13(12-8)5-3-4-6-14/h14H,3-7,11H2,1-2H3. The third-order valence-corrected chi connectivity index (χ3v) is 2.51. The minimum absolute atomic E-state index is 0.253. The zero-order chi connectivity index (χ0) is 10.6. The van der Waals surface area contributed by atoms with Crippen molar-refractivity contribution < 1.29 is 5.11 Å². The average molecular weight is 197 g/mol. The highest BCUT2D eigenvalue weighted by atomic mass is 16.2. The fourth-order valence-electron chi connectivity index (χ4n) is 1.62. The minimum Gasteiger partial charge on any atom is -0.396 e. The van der Waals surface area contributed by atoms with E-state index in [0.29, 0.717) is 6.54 Å². The van der Waals surface area contributed by atoms with Crippen LogP contribution in [0, 0.1) is 13.8 Å². The monoisotopic (exact) mass is 197 g/mol. The molecular weight excluding hydrogens is 178 g/mol. The zero-order valence-electron chi connectivity index (χ0n) is 8.95. The number of nitrogens with two attached hydrogens (primary N) is 1. The molecule has 0 aromatic carbocycles. The molecule has 0 aliphatic heterocycles. The summed E-state index contributed by atoms with van der Waals surface area (Å²) in [6.07, 6.45) is 1.79. The molecule has 0 bridgehead atoms. The second kappa shape index (κ2) is 5.12. The van der Waals surface area contributed by atoms with Crippen molar-refractivity contribution in [3.63, 3.8) is 0 Å². The number of aliphatic hydroxyl groups excluding tert-OH is 1. The summed E-state index contributed by atoms with van der Waals surface area (Å²) >= 11 is 0. The van der Waals surface area contributed by atoms with Gasteiger partial charge in [0.15, 0.2) is 0 Å². The Labute approximate surface area is 84.7 Å². The fraction of sp³-hybridized carbons (Fsp3) is 0.700. The van der Waals surface area contributed by atoms with Crippen molar-refractivity contribution in [3.8, 4) is 0 Å². The summed E-state index contributed by atoms with van der Waals surface area (Å²) in [4.78, 5) is 0. The van der Waals surface area contributed by atoms with E-state index >= 15 is 0 Å². The number of aromatic nitrogens is 2. The highest BCUT2D eigenvalue weighted by Crippen LogP contribution is 2.12. The Morgan fingerprint density at radius 2 is 2.07 bits per heavy atom. The summed E-state index contributed by atoms with van der Waals surface area (Å²) in [5.74, 6) is 0. The van der Waals surface area contributed by atoms with Gasteiger partial charge in [0.05, 0.1) is 5.69 Å². The van der Waals surface area contributed by atoms with E-state index in [4.69, 9.17) is 10.8 Å². The van der Waals surface area contributed by atoms with Crippen LogP contribution in [0.1, 0.15) is 29.8 Å². The molecule has 1 aromatic rings. The quantitative estimate of drug-likeness (QED) is 0.684. The molecule has 0 radical (unpaired) electrons. The van der Waals surface area contributed by atoms with Crippen molar-refractivity contribution >= 4 is 0 Å². The Hall–Kier alpha value is -0.870. The Morgan fingerprint density at radius 3 is 2.57 bits per heavy atom. The van der Waals surface area contributed by atoms with E-state index in [-0.39, 0.29) is 6.61 Å². The van der Waals surface area contributed by atoms with Crippen LogP contribution in [0.2, 0.25) is 0 Å². The van der Waals surface area contributed by atoms with Crippen molar-refractivity contribution in [2.45, 2.75) is 39.8 Å². The highest BCUT2D eigenvalue weighted by molar-refractivity contribution is 5.23. The number of aliphatic hydroxyl groups is 1. The van der Waals surface area contributed by atoms with Crippen LogP contribution >= 0.6 is 0 Å². The van der Waals surface area contributed by atoms with Crippen LogP contribution in [-0.2, 0) is 13.1 Å². The third kappa shape index (κ3) is 2.33. The van der Waals surface area contributed by atoms with Crippen molar-refractivity contribution in [2.75, 3.05) is 6.61 Å². The predicted octanol–water partition coefficient (Wildman–Crippen LogP) is 0.731. The smallest absolute Gasteiger partial charge is 0.0641 e. The number of aryl methyl sites for hydroxylation is 2. The lowest BCUT2D eigenvalue weighted by Gasteiger charge is -2.03. The molecule has 0 fully saturated rings. The van der Waals surface area contributed by atoms with Crippen LogP contribution in [0.3, 0.4) is 0 Å². The Balaban J connectivity index is 2.68. The first-order valence-electron chi connectivity index (χ1n) is 5.04. The maximum absolute atomic E-state index is 8.67. The summed E-state index contributed by atoms with van der Waals surface area (Å²) in [5.41, 5.74) is 8.95. The molecule has 14 heavy (non-hydrogen) atoms. The maximum Gasteiger partial charge on any atom is 0.0641 e. The van der Waals surface area contributed by atoms with Crippen LogP contribution in [0.4, 0.5) is 0 Å². The van der Waals surface area contributed by atoms with Crippen molar-refractivity contribution in [2.24, 2.45) is 5.73 Å². The molecule has 3 N–H and O–H groups in total. The van der Waals surface area contributed by atoms with Gasteiger partial charge < -0.3 is 10.8 Å². The van der Waals surface area contributed by atoms with E-state index in [0.717, 1.165) is 36.3 Å². The van der Waals surface area contributed by atoms with E-state index in [1.54, 1.807) is 0 Å². The van der Waals surface area contributed by atoms with Crippen molar-refractivity contribution in [1.82, 2.24) is 9.78 Å². The lowest BCUT2D eigenvalue weighted by atomic mass is 10.2. The molecule has 0 atom stereocenters. The van der Waals surface area contributed by atoms with Gasteiger partial charge in [0, 0.05) is 31.0 Å². The molecule has 0 saturated carbocycles. The van der Waals surface area contributed by atoms with Gasteiger partial charge in [-0.05, 0) is 26.7 Å². The maximum atomic E-state index is 8.67. The van der Waals surface area contributed by atoms with Crippen LogP contribution in [-0.4, -0.2) is 21.5 Å². The van der Waals surface area contributed by atoms with E-state index in [2.05, 4.69) is 5.10 Å². The van der Waals surface area contributed by atoms with Crippen LogP contribution in [0.25, 0.3) is 0 Å². The molecule has 1 heterocycles. The molecule has 80 valence electrons. The van der Waals surface area contributed by atoms with Crippen molar-refractivity contribution in [3.05, 3.63) is 17.0 Å². The summed E-state index contributed by atoms with van der Waals surface area (Å²) < 4.78 is 1.98. The molecule has 0 unspecified atom stereocenters. The van der Waals surface area contributed by atoms with Gasteiger partial charge in [-0.25, -0.2) is 0 Å². The van der Waals surface area contributed by atoms with Gasteiger partial charge in [0.1, 0.15) is 0 Å². The molecule has 0 aliphatic rings. The zero-order valence-corrected chi connectivity index (χ0v) is 8.95. The molecule has 0 saturated heterocycles. The molecule has 0 amide bonds. The number of unbranched alkanes of at least 4 members (excludes halogenated alkanes) is 1. The predicted molar refractivity (Wildman–Crippen MR) is 55.9 cm³/mol. The number of hydrogen-bond acceptors (Lipinski definition) is 3. The SMILES string of the molecule is Cc1nn(CCCCO)c(C)c1CN. The van der Waals surface area contributed by atoms with Gasteiger partial charge in [0.2, 0.25) is 0 Å². The van der Waals surface area contributed by atoms with Gasteiger partial charge in [-0.1, -0.05) is 0 Å². The lowest BCUT2D eigenvalue weighted by molar-refractivity contribution is 0.280. The second-order valence-electron chi connectivity index (χ2n) is 3.51. The topological polar surface area (TPSA) is 64.1 Å². The Bertz CT molecular complexity index is 294. The number of rotatable bonds is 5. The van der Waals surface area contributed by atoms with E-state index in [9.17, 15) is 0 Å². The summed E-state index contributed by atoms with van der Waals surface area (Å²) in [7, 11) is 0. The highest BCUT2D eigenvalue weighted by Gasteiger charge is 2.08. The number of hydrogen-bond donors (Lipinski definition) is 2. The Morgan fingerprint density at radius 1 is 1.36 bits per heavy atom. The molecule has 4 heteroatoms. The fourth-order valence-corrected chi connectivity index (χ4v) is 1.62. The largest absolute Gasteiger partial charge is 0.396 e. The summed E-state index contributed by atoms with van der Waals surface area (Å²) in [6.45, 7) is 5.70. The van der Waals surface area contributed by atoms with Crippen LogP contribution in [0.15, 0.2) is 0 Å². The molecule has 0 aliphatic carbocycles. The summed E-state index contributed by atoms with van der Waals surface area (Å²) in [5, 5.41) is 13.1. The van der Waals surface area contributed by atoms with Gasteiger partial charge in [-0.3, -0.25) is 4.68 Å². The molecule has 1 rings (SSSR count). The Kier molecular flexibility index (Phi) is 4.10. The van der Waals surface area contributed by atoms with Gasteiger partial charge in [-0.2, -0.15) is 5.10 Å². The normalized spacial score (nSPS) is 10.9. The minimum atomic E-state index is 0.253. The number of nitrogens with zero attached hydrogens (tertiary/aromatic N) is 2. The first-order chi connectivity index (χ1) is 6.70. The van der Waals surface area contributed by atoms with Crippen LogP contribution in [0.5, 0.6) is 0 Å². The summed E-state index contributed by atoms with van der Waals surface area (Å²) in [6, 6.07) is 0. The van der Waals surface area contributed by atoms with Crippen LogP contribution < -0.4 is 5.73 Å².